The van der Waals surface area contributed by atoms with Crippen LogP contribution in [0.15, 0.2) is 53.5 Å². The summed E-state index contributed by atoms with van der Waals surface area (Å²) in [5, 5.41) is 6.44. The fourth-order valence-electron chi connectivity index (χ4n) is 2.54. The van der Waals surface area contributed by atoms with Gasteiger partial charge in [-0.2, -0.15) is 13.2 Å². The second kappa shape index (κ2) is 11.3. The summed E-state index contributed by atoms with van der Waals surface area (Å²) in [5.41, 5.74) is 2.74. The summed E-state index contributed by atoms with van der Waals surface area (Å²) in [4.78, 5) is 4.19. The minimum Gasteiger partial charge on any atom is -0.494 e. The Bertz CT molecular complexity index is 777. The van der Waals surface area contributed by atoms with Gasteiger partial charge in [0.15, 0.2) is 5.96 Å². The molecule has 8 heteroatoms. The van der Waals surface area contributed by atoms with Crippen LogP contribution in [0.2, 0.25) is 0 Å². The van der Waals surface area contributed by atoms with Gasteiger partial charge in [-0.3, -0.25) is 4.99 Å². The van der Waals surface area contributed by atoms with E-state index >= 15 is 0 Å². The van der Waals surface area contributed by atoms with E-state index in [-0.39, 0.29) is 6.61 Å². The number of guanidine groups is 1. The van der Waals surface area contributed by atoms with E-state index in [4.69, 9.17) is 4.74 Å². The van der Waals surface area contributed by atoms with Gasteiger partial charge in [-0.25, -0.2) is 0 Å². The zero-order valence-electron chi connectivity index (χ0n) is 16.6. The maximum absolute atomic E-state index is 12.1. The molecule has 0 unspecified atom stereocenters. The first-order chi connectivity index (χ1) is 13.9. The van der Waals surface area contributed by atoms with E-state index < -0.39 is 12.8 Å². The average molecular weight is 409 g/mol. The summed E-state index contributed by atoms with van der Waals surface area (Å²) < 4.78 is 46.5. The molecule has 0 fully saturated rings. The van der Waals surface area contributed by atoms with Crippen LogP contribution in [0, 0.1) is 0 Å². The van der Waals surface area contributed by atoms with Gasteiger partial charge in [-0.1, -0.05) is 36.4 Å². The van der Waals surface area contributed by atoms with E-state index in [0.717, 1.165) is 16.9 Å². The van der Waals surface area contributed by atoms with Crippen LogP contribution in [-0.4, -0.2) is 32.4 Å². The molecule has 29 heavy (non-hydrogen) atoms. The highest BCUT2D eigenvalue weighted by atomic mass is 19.4. The number of ether oxygens (including phenoxy) is 2. The third kappa shape index (κ3) is 8.87. The van der Waals surface area contributed by atoms with Crippen LogP contribution >= 0.6 is 0 Å². The number of nitrogens with zero attached hydrogens (tertiary/aromatic N) is 1. The van der Waals surface area contributed by atoms with Crippen LogP contribution in [0.25, 0.3) is 0 Å². The fourth-order valence-corrected chi connectivity index (χ4v) is 2.54. The molecule has 2 aromatic rings. The molecular weight excluding hydrogens is 383 g/mol. The number of rotatable bonds is 9. The first-order valence-electron chi connectivity index (χ1n) is 9.28. The van der Waals surface area contributed by atoms with E-state index in [1.807, 2.05) is 43.3 Å². The van der Waals surface area contributed by atoms with Gasteiger partial charge in [0.1, 0.15) is 12.4 Å². The number of aliphatic imine (C=N–C) groups is 1. The average Bonchev–Trinajstić information content (AvgIpc) is 2.69. The van der Waals surface area contributed by atoms with Gasteiger partial charge in [0.05, 0.1) is 13.2 Å². The zero-order valence-corrected chi connectivity index (χ0v) is 16.6. The van der Waals surface area contributed by atoms with Crippen molar-refractivity contribution in [3.63, 3.8) is 0 Å². The van der Waals surface area contributed by atoms with Gasteiger partial charge < -0.3 is 20.1 Å². The lowest BCUT2D eigenvalue weighted by Gasteiger charge is -2.13. The number of alkyl halides is 3. The van der Waals surface area contributed by atoms with Crippen LogP contribution in [0.4, 0.5) is 13.2 Å². The zero-order chi connectivity index (χ0) is 21.1. The summed E-state index contributed by atoms with van der Waals surface area (Å²) in [6, 6.07) is 15.0. The van der Waals surface area contributed by atoms with Crippen molar-refractivity contribution >= 4 is 5.96 Å². The molecule has 0 atom stereocenters. The van der Waals surface area contributed by atoms with Crippen molar-refractivity contribution in [3.8, 4) is 5.75 Å². The number of hydrogen-bond acceptors (Lipinski definition) is 3. The molecule has 0 heterocycles. The highest BCUT2D eigenvalue weighted by Gasteiger charge is 2.27. The minimum atomic E-state index is -4.31. The molecule has 5 nitrogen and oxygen atoms in total. The van der Waals surface area contributed by atoms with Gasteiger partial charge in [-0.05, 0) is 35.7 Å². The van der Waals surface area contributed by atoms with E-state index in [0.29, 0.717) is 31.2 Å². The Morgan fingerprint density at radius 3 is 2.24 bits per heavy atom. The maximum Gasteiger partial charge on any atom is 0.411 e. The molecule has 0 aliphatic heterocycles. The monoisotopic (exact) mass is 409 g/mol. The number of benzene rings is 2. The first-order valence-corrected chi connectivity index (χ1v) is 9.28. The second-order valence-electron chi connectivity index (χ2n) is 6.28. The molecule has 0 saturated heterocycles. The topological polar surface area (TPSA) is 54.9 Å². The Kier molecular flexibility index (Phi) is 8.79. The van der Waals surface area contributed by atoms with Crippen LogP contribution in [0.3, 0.4) is 0 Å². The summed E-state index contributed by atoms with van der Waals surface area (Å²) >= 11 is 0. The third-order valence-electron chi connectivity index (χ3n) is 3.91. The normalized spacial score (nSPS) is 12.0. The predicted octanol–water partition coefficient (Wildman–Crippen LogP) is 4.03. The summed E-state index contributed by atoms with van der Waals surface area (Å²) in [7, 11) is 1.69. The van der Waals surface area contributed by atoms with Crippen LogP contribution in [0.5, 0.6) is 5.75 Å². The molecule has 0 radical (unpaired) electrons. The van der Waals surface area contributed by atoms with E-state index in [1.54, 1.807) is 19.2 Å². The lowest BCUT2D eigenvalue weighted by atomic mass is 10.1. The Morgan fingerprint density at radius 1 is 0.966 bits per heavy atom. The quantitative estimate of drug-likeness (QED) is 0.485. The Morgan fingerprint density at radius 2 is 1.62 bits per heavy atom. The molecule has 0 saturated carbocycles. The Hall–Kier alpha value is -2.74. The van der Waals surface area contributed by atoms with E-state index in [2.05, 4.69) is 20.4 Å². The van der Waals surface area contributed by atoms with Crippen LogP contribution < -0.4 is 15.4 Å². The Labute approximate surface area is 168 Å². The SMILES string of the molecule is CCOc1cccc(CNC(=NC)NCc2ccc(COCC(F)(F)F)cc2)c1. The van der Waals surface area contributed by atoms with Crippen molar-refractivity contribution in [2.24, 2.45) is 4.99 Å². The first kappa shape index (κ1) is 22.5. The standard InChI is InChI=1S/C21H26F3N3O2/c1-3-29-19-6-4-5-18(11-19)13-27-20(25-2)26-12-16-7-9-17(10-8-16)14-28-15-21(22,23)24/h4-11H,3,12-15H2,1-2H3,(H2,25,26,27). The molecule has 0 aromatic heterocycles. The van der Waals surface area contributed by atoms with Gasteiger partial charge in [0.25, 0.3) is 0 Å². The van der Waals surface area contributed by atoms with E-state index in [1.165, 1.54) is 0 Å². The number of halogens is 3. The van der Waals surface area contributed by atoms with Crippen LogP contribution in [0.1, 0.15) is 23.6 Å². The van der Waals surface area contributed by atoms with Crippen molar-refractivity contribution in [3.05, 3.63) is 65.2 Å². The van der Waals surface area contributed by atoms with E-state index in [9.17, 15) is 13.2 Å². The molecule has 0 aliphatic carbocycles. The lowest BCUT2D eigenvalue weighted by Crippen LogP contribution is -2.36. The Balaban J connectivity index is 1.78. The number of nitrogens with one attached hydrogen (secondary N) is 2. The maximum atomic E-state index is 12.1. The lowest BCUT2D eigenvalue weighted by molar-refractivity contribution is -0.176. The molecule has 0 spiro atoms. The van der Waals surface area contributed by atoms with Gasteiger partial charge in [0.2, 0.25) is 0 Å². The largest absolute Gasteiger partial charge is 0.494 e. The summed E-state index contributed by atoms with van der Waals surface area (Å²) in [6.45, 7) is 2.37. The third-order valence-corrected chi connectivity index (χ3v) is 3.91. The molecule has 0 aliphatic rings. The van der Waals surface area contributed by atoms with Crippen molar-refractivity contribution in [1.82, 2.24) is 10.6 Å². The van der Waals surface area contributed by atoms with Crippen molar-refractivity contribution < 1.29 is 22.6 Å². The summed E-state index contributed by atoms with van der Waals surface area (Å²) in [5.74, 6) is 1.47. The van der Waals surface area contributed by atoms with Crippen LogP contribution in [-0.2, 0) is 24.4 Å². The minimum absolute atomic E-state index is 0.0722. The number of hydrogen-bond donors (Lipinski definition) is 2. The predicted molar refractivity (Wildman–Crippen MR) is 107 cm³/mol. The van der Waals surface area contributed by atoms with Crippen molar-refractivity contribution in [1.29, 1.82) is 0 Å². The highest BCUT2D eigenvalue weighted by molar-refractivity contribution is 5.79. The van der Waals surface area contributed by atoms with Gasteiger partial charge in [-0.15, -0.1) is 0 Å². The summed E-state index contributed by atoms with van der Waals surface area (Å²) in [6.07, 6.45) is -4.31. The molecule has 158 valence electrons. The molecule has 2 rings (SSSR count). The van der Waals surface area contributed by atoms with Crippen molar-refractivity contribution in [2.45, 2.75) is 32.8 Å². The molecular formula is C21H26F3N3O2. The fraction of sp³-hybridized carbons (Fsp3) is 0.381. The molecule has 2 N–H and O–H groups in total. The highest BCUT2D eigenvalue weighted by Crippen LogP contribution is 2.16. The van der Waals surface area contributed by atoms with Gasteiger partial charge >= 0.3 is 6.18 Å². The molecule has 0 bridgehead atoms. The molecule has 2 aromatic carbocycles. The second-order valence-corrected chi connectivity index (χ2v) is 6.28. The molecule has 0 amide bonds. The smallest absolute Gasteiger partial charge is 0.411 e. The van der Waals surface area contributed by atoms with Gasteiger partial charge in [0, 0.05) is 20.1 Å². The van der Waals surface area contributed by atoms with Crippen molar-refractivity contribution in [2.75, 3.05) is 20.3 Å².